The van der Waals surface area contributed by atoms with Gasteiger partial charge >= 0.3 is 0 Å². The summed E-state index contributed by atoms with van der Waals surface area (Å²) in [6, 6.07) is 0. The van der Waals surface area contributed by atoms with Crippen LogP contribution in [0.2, 0.25) is 0 Å². The van der Waals surface area contributed by atoms with Gasteiger partial charge in [0.25, 0.3) is 5.56 Å². The van der Waals surface area contributed by atoms with Crippen LogP contribution < -0.4 is 5.56 Å². The van der Waals surface area contributed by atoms with Gasteiger partial charge in [0, 0.05) is 18.7 Å². The lowest BCUT2D eigenvalue weighted by Gasteiger charge is -2.17. The van der Waals surface area contributed by atoms with Crippen molar-refractivity contribution in [1.29, 1.82) is 0 Å². The van der Waals surface area contributed by atoms with Gasteiger partial charge in [0.1, 0.15) is 5.82 Å². The van der Waals surface area contributed by atoms with Gasteiger partial charge < -0.3 is 4.98 Å². The van der Waals surface area contributed by atoms with Gasteiger partial charge in [-0.3, -0.25) is 9.48 Å². The molecule has 0 radical (unpaired) electrons. The van der Waals surface area contributed by atoms with E-state index in [4.69, 9.17) is 0 Å². The highest BCUT2D eigenvalue weighted by Crippen LogP contribution is 2.29. The number of hydrogen-bond donors (Lipinski definition) is 1. The van der Waals surface area contributed by atoms with E-state index in [0.717, 1.165) is 11.3 Å². The Kier molecular flexibility index (Phi) is 3.04. The zero-order valence-corrected chi connectivity index (χ0v) is 11.7. The number of aromatic nitrogens is 4. The molecule has 0 fully saturated rings. The van der Waals surface area contributed by atoms with E-state index in [-0.39, 0.29) is 11.1 Å². The first-order valence-corrected chi connectivity index (χ1v) is 6.01. The van der Waals surface area contributed by atoms with Gasteiger partial charge in [0.2, 0.25) is 5.82 Å². The molecule has 0 saturated carbocycles. The third-order valence-electron chi connectivity index (χ3n) is 2.82. The van der Waals surface area contributed by atoms with E-state index in [0.29, 0.717) is 5.82 Å². The van der Waals surface area contributed by atoms with Crippen molar-refractivity contribution in [1.82, 2.24) is 19.7 Å². The minimum Gasteiger partial charge on any atom is -0.304 e. The molecule has 0 aliphatic heterocycles. The minimum atomic E-state index is -0.843. The van der Waals surface area contributed by atoms with Gasteiger partial charge in [-0.05, 0) is 6.92 Å². The quantitative estimate of drug-likeness (QED) is 0.855. The average molecular weight is 264 g/mol. The molecule has 1 N–H and O–H groups in total. The Morgan fingerprint density at radius 2 is 2.00 bits per heavy atom. The maximum Gasteiger partial charge on any atom is 0.287 e. The van der Waals surface area contributed by atoms with E-state index in [1.807, 2.05) is 20.8 Å². The van der Waals surface area contributed by atoms with Crippen molar-refractivity contribution < 1.29 is 4.39 Å². The molecule has 0 saturated heterocycles. The van der Waals surface area contributed by atoms with Crippen molar-refractivity contribution in [3.8, 4) is 11.4 Å². The first-order valence-electron chi connectivity index (χ1n) is 6.01. The van der Waals surface area contributed by atoms with Gasteiger partial charge in [-0.2, -0.15) is 9.49 Å². The van der Waals surface area contributed by atoms with Crippen LogP contribution in [0.4, 0.5) is 4.39 Å². The van der Waals surface area contributed by atoms with Crippen molar-refractivity contribution in [2.24, 2.45) is 7.05 Å². The molecule has 0 atom stereocenters. The summed E-state index contributed by atoms with van der Waals surface area (Å²) in [4.78, 5) is 18.1. The van der Waals surface area contributed by atoms with Gasteiger partial charge in [0.15, 0.2) is 0 Å². The summed E-state index contributed by atoms with van der Waals surface area (Å²) in [7, 11) is 1.80. The van der Waals surface area contributed by atoms with Crippen LogP contribution in [0, 0.1) is 12.7 Å². The number of hydrogen-bond acceptors (Lipinski definition) is 3. The highest BCUT2D eigenvalue weighted by molar-refractivity contribution is 5.59. The van der Waals surface area contributed by atoms with Crippen molar-refractivity contribution in [3.05, 3.63) is 33.8 Å². The molecule has 0 aromatic carbocycles. The van der Waals surface area contributed by atoms with Crippen molar-refractivity contribution in [3.63, 3.8) is 0 Å². The second-order valence-corrected chi connectivity index (χ2v) is 5.63. The first kappa shape index (κ1) is 13.5. The summed E-state index contributed by atoms with van der Waals surface area (Å²) >= 11 is 0. The third kappa shape index (κ3) is 2.43. The van der Waals surface area contributed by atoms with E-state index in [1.54, 1.807) is 17.9 Å². The molecule has 2 heterocycles. The number of nitrogens with one attached hydrogen (secondary N) is 1. The van der Waals surface area contributed by atoms with Crippen molar-refractivity contribution in [2.75, 3.05) is 0 Å². The lowest BCUT2D eigenvalue weighted by Crippen LogP contribution is -2.18. The summed E-state index contributed by atoms with van der Waals surface area (Å²) < 4.78 is 15.0. The number of aryl methyl sites for hydroxylation is 2. The number of halogens is 1. The lowest BCUT2D eigenvalue weighted by molar-refractivity contribution is 0.553. The summed E-state index contributed by atoms with van der Waals surface area (Å²) in [6.45, 7) is 7.54. The summed E-state index contributed by atoms with van der Waals surface area (Å²) in [5.74, 6) is -0.494. The molecule has 19 heavy (non-hydrogen) atoms. The standard InChI is InChI=1S/C13H17FN4O/c1-7-9(14)12(19)16-11(15-7)8-6-18(5)17-10(8)13(2,3)4/h6H,1-5H3,(H,15,16,19). The molecule has 2 aromatic heterocycles. The predicted molar refractivity (Wildman–Crippen MR) is 70.5 cm³/mol. The Morgan fingerprint density at radius 3 is 2.53 bits per heavy atom. The van der Waals surface area contributed by atoms with Crippen LogP contribution in [0.25, 0.3) is 11.4 Å². The van der Waals surface area contributed by atoms with E-state index < -0.39 is 11.4 Å². The highest BCUT2D eigenvalue weighted by atomic mass is 19.1. The summed E-state index contributed by atoms with van der Waals surface area (Å²) in [5, 5.41) is 4.40. The maximum absolute atomic E-state index is 13.3. The highest BCUT2D eigenvalue weighted by Gasteiger charge is 2.24. The Labute approximate surface area is 110 Å². The summed E-state index contributed by atoms with van der Waals surface area (Å²) in [5.41, 5.74) is 0.658. The smallest absolute Gasteiger partial charge is 0.287 e. The number of nitrogens with zero attached hydrogens (tertiary/aromatic N) is 3. The van der Waals surface area contributed by atoms with Crippen LogP contribution in [0.15, 0.2) is 11.0 Å². The fourth-order valence-electron chi connectivity index (χ4n) is 1.91. The van der Waals surface area contributed by atoms with Gasteiger partial charge in [-0.25, -0.2) is 4.98 Å². The molecule has 5 nitrogen and oxygen atoms in total. The van der Waals surface area contributed by atoms with Crippen LogP contribution in [0.5, 0.6) is 0 Å². The van der Waals surface area contributed by atoms with Crippen LogP contribution in [-0.2, 0) is 12.5 Å². The number of H-pyrrole nitrogens is 1. The maximum atomic E-state index is 13.3. The monoisotopic (exact) mass is 264 g/mol. The van der Waals surface area contributed by atoms with Crippen molar-refractivity contribution >= 4 is 0 Å². The van der Waals surface area contributed by atoms with Crippen LogP contribution in [0.1, 0.15) is 32.2 Å². The first-order chi connectivity index (χ1) is 8.70. The Balaban J connectivity index is 2.70. The average Bonchev–Trinajstić information content (AvgIpc) is 2.67. The molecule has 102 valence electrons. The molecule has 0 spiro atoms. The van der Waals surface area contributed by atoms with Gasteiger partial charge in [-0.15, -0.1) is 0 Å². The zero-order chi connectivity index (χ0) is 14.4. The molecule has 0 aliphatic carbocycles. The molecule has 2 rings (SSSR count). The van der Waals surface area contributed by atoms with Crippen LogP contribution >= 0.6 is 0 Å². The molecule has 0 amide bonds. The summed E-state index contributed by atoms with van der Waals surface area (Å²) in [6.07, 6.45) is 1.77. The van der Waals surface area contributed by atoms with E-state index in [2.05, 4.69) is 15.1 Å². The van der Waals surface area contributed by atoms with E-state index in [9.17, 15) is 9.18 Å². The third-order valence-corrected chi connectivity index (χ3v) is 2.82. The second kappa shape index (κ2) is 4.29. The Hall–Kier alpha value is -1.98. The van der Waals surface area contributed by atoms with Crippen LogP contribution in [0.3, 0.4) is 0 Å². The Bertz CT molecular complexity index is 679. The fraction of sp³-hybridized carbons (Fsp3) is 0.462. The van der Waals surface area contributed by atoms with Gasteiger partial charge in [0.05, 0.1) is 17.0 Å². The van der Waals surface area contributed by atoms with E-state index in [1.165, 1.54) is 6.92 Å². The molecule has 0 unspecified atom stereocenters. The zero-order valence-electron chi connectivity index (χ0n) is 11.7. The SMILES string of the molecule is Cc1nc(-c2cn(C)nc2C(C)(C)C)[nH]c(=O)c1F. The predicted octanol–water partition coefficient (Wildman–Crippen LogP) is 1.92. The van der Waals surface area contributed by atoms with E-state index >= 15 is 0 Å². The second-order valence-electron chi connectivity index (χ2n) is 5.63. The lowest BCUT2D eigenvalue weighted by atomic mass is 9.89. The largest absolute Gasteiger partial charge is 0.304 e. The molecule has 0 bridgehead atoms. The molecule has 2 aromatic rings. The van der Waals surface area contributed by atoms with Gasteiger partial charge in [-0.1, -0.05) is 20.8 Å². The fourth-order valence-corrected chi connectivity index (χ4v) is 1.91. The minimum absolute atomic E-state index is 0.0856. The molecular formula is C13H17FN4O. The van der Waals surface area contributed by atoms with Crippen molar-refractivity contribution in [2.45, 2.75) is 33.1 Å². The number of aromatic amines is 1. The molecule has 6 heteroatoms. The molecular weight excluding hydrogens is 247 g/mol. The normalized spacial score (nSPS) is 11.9. The number of rotatable bonds is 1. The molecule has 0 aliphatic rings. The topological polar surface area (TPSA) is 63.6 Å². The Morgan fingerprint density at radius 1 is 1.37 bits per heavy atom. The van der Waals surface area contributed by atoms with Crippen LogP contribution in [-0.4, -0.2) is 19.7 Å².